The number of benzene rings is 1. The molecule has 1 N–H and O–H groups in total. The number of likely N-dealkylation sites (N-methyl/N-ethyl adjacent to an activating group) is 1. The summed E-state index contributed by atoms with van der Waals surface area (Å²) in [4.78, 5) is 2.18. The lowest BCUT2D eigenvalue weighted by atomic mass is 10.2. The average molecular weight is 333 g/mol. The summed E-state index contributed by atoms with van der Waals surface area (Å²) in [6.07, 6.45) is 2.78. The molecule has 22 heavy (non-hydrogen) atoms. The summed E-state index contributed by atoms with van der Waals surface area (Å²) in [5.41, 5.74) is 0. The number of hydrogen-bond donors (Lipinski definition) is 1. The Hall–Kier alpha value is -0.680. The van der Waals surface area contributed by atoms with Crippen molar-refractivity contribution < 1.29 is 9.13 Å². The standard InChI is InChI=1S/C6H4ClF.C5H11NO.C4H9N.C2H6/c7-5-3-1-2-4-6(5)8;1-6(2)5-3-7-4-5;1-2-4-5-3-1;1-2/h1-4H;5H,3-4H2,1-2H3;5H,1-4H2;1-2H3. The van der Waals surface area contributed by atoms with Crippen LogP contribution in [0.15, 0.2) is 24.3 Å². The molecule has 0 saturated carbocycles. The van der Waals surface area contributed by atoms with Crippen LogP contribution in [0.2, 0.25) is 5.02 Å². The molecule has 3 rings (SSSR count). The van der Waals surface area contributed by atoms with E-state index in [2.05, 4.69) is 24.3 Å². The Kier molecular flexibility index (Phi) is 13.5. The van der Waals surface area contributed by atoms with Gasteiger partial charge >= 0.3 is 0 Å². The lowest BCUT2D eigenvalue weighted by Crippen LogP contribution is -2.44. The van der Waals surface area contributed by atoms with E-state index in [9.17, 15) is 4.39 Å². The van der Waals surface area contributed by atoms with Crippen LogP contribution in [0.3, 0.4) is 0 Å². The van der Waals surface area contributed by atoms with E-state index in [1.807, 2.05) is 13.8 Å². The number of hydrogen-bond acceptors (Lipinski definition) is 3. The highest BCUT2D eigenvalue weighted by atomic mass is 35.5. The van der Waals surface area contributed by atoms with Crippen molar-refractivity contribution in [2.75, 3.05) is 40.4 Å². The Morgan fingerprint density at radius 3 is 1.86 bits per heavy atom. The van der Waals surface area contributed by atoms with Crippen LogP contribution >= 0.6 is 11.6 Å². The predicted octanol–water partition coefficient (Wildman–Crippen LogP) is 3.82. The van der Waals surface area contributed by atoms with Crippen LogP contribution in [0.1, 0.15) is 26.7 Å². The number of nitrogens with zero attached hydrogens (tertiary/aromatic N) is 1. The molecule has 0 aliphatic carbocycles. The summed E-state index contributed by atoms with van der Waals surface area (Å²) >= 11 is 5.33. The highest BCUT2D eigenvalue weighted by molar-refractivity contribution is 6.30. The van der Waals surface area contributed by atoms with Crippen LogP contribution in [0.5, 0.6) is 0 Å². The van der Waals surface area contributed by atoms with E-state index < -0.39 is 0 Å². The number of ether oxygens (including phenoxy) is 1. The van der Waals surface area contributed by atoms with Crippen molar-refractivity contribution in [1.82, 2.24) is 10.2 Å². The van der Waals surface area contributed by atoms with Crippen molar-refractivity contribution >= 4 is 11.6 Å². The van der Waals surface area contributed by atoms with Crippen molar-refractivity contribution in [2.45, 2.75) is 32.7 Å². The summed E-state index contributed by atoms with van der Waals surface area (Å²) in [7, 11) is 4.15. The van der Waals surface area contributed by atoms with Crippen molar-refractivity contribution in [1.29, 1.82) is 0 Å². The van der Waals surface area contributed by atoms with Gasteiger partial charge in [-0.3, -0.25) is 0 Å². The number of nitrogens with one attached hydrogen (secondary N) is 1. The minimum absolute atomic E-state index is 0.174. The molecular weight excluding hydrogens is 303 g/mol. The van der Waals surface area contributed by atoms with Gasteiger partial charge < -0.3 is 15.0 Å². The maximum Gasteiger partial charge on any atom is 0.141 e. The van der Waals surface area contributed by atoms with E-state index >= 15 is 0 Å². The Labute approximate surface area is 139 Å². The molecular formula is C17H30ClFN2O. The fraction of sp³-hybridized carbons (Fsp3) is 0.647. The molecule has 2 heterocycles. The zero-order valence-electron chi connectivity index (χ0n) is 14.2. The molecule has 0 radical (unpaired) electrons. The Balaban J connectivity index is 0.000000290. The zero-order chi connectivity index (χ0) is 16.8. The van der Waals surface area contributed by atoms with Gasteiger partial charge in [0.1, 0.15) is 5.82 Å². The van der Waals surface area contributed by atoms with Crippen LogP contribution in [0.25, 0.3) is 0 Å². The fourth-order valence-corrected chi connectivity index (χ4v) is 1.72. The van der Waals surface area contributed by atoms with Crippen LogP contribution in [0, 0.1) is 5.82 Å². The minimum atomic E-state index is -0.367. The molecule has 1 aromatic rings. The largest absolute Gasteiger partial charge is 0.378 e. The first-order chi connectivity index (χ1) is 10.6. The van der Waals surface area contributed by atoms with Crippen molar-refractivity contribution in [3.63, 3.8) is 0 Å². The lowest BCUT2D eigenvalue weighted by molar-refractivity contribution is -0.0477. The summed E-state index contributed by atoms with van der Waals surface area (Å²) in [6.45, 7) is 8.35. The van der Waals surface area contributed by atoms with E-state index in [1.54, 1.807) is 12.1 Å². The first kappa shape index (κ1) is 21.3. The SMILES string of the molecule is C1CCNC1.CC.CN(C)C1COC1.Fc1ccccc1Cl. The molecule has 2 saturated heterocycles. The van der Waals surface area contributed by atoms with Gasteiger partial charge in [0.25, 0.3) is 0 Å². The highest BCUT2D eigenvalue weighted by Crippen LogP contribution is 2.11. The van der Waals surface area contributed by atoms with Gasteiger partial charge in [0, 0.05) is 0 Å². The quantitative estimate of drug-likeness (QED) is 0.846. The topological polar surface area (TPSA) is 24.5 Å². The van der Waals surface area contributed by atoms with Crippen molar-refractivity contribution in [3.05, 3.63) is 35.1 Å². The summed E-state index contributed by atoms with van der Waals surface area (Å²) in [6, 6.07) is 6.81. The summed E-state index contributed by atoms with van der Waals surface area (Å²) in [5, 5.41) is 3.40. The minimum Gasteiger partial charge on any atom is -0.378 e. The Morgan fingerprint density at radius 1 is 1.14 bits per heavy atom. The monoisotopic (exact) mass is 332 g/mol. The Bertz CT molecular complexity index is 341. The van der Waals surface area contributed by atoms with Crippen molar-refractivity contribution in [2.24, 2.45) is 0 Å². The molecule has 0 amide bonds. The zero-order valence-corrected chi connectivity index (χ0v) is 15.0. The first-order valence-corrected chi connectivity index (χ1v) is 8.34. The molecule has 2 fully saturated rings. The van der Waals surface area contributed by atoms with Gasteiger partial charge in [-0.05, 0) is 52.2 Å². The van der Waals surface area contributed by atoms with Crippen LogP contribution in [-0.4, -0.2) is 51.3 Å². The Morgan fingerprint density at radius 2 is 1.68 bits per heavy atom. The second-order valence-corrected chi connectivity index (χ2v) is 5.43. The molecule has 0 aromatic heterocycles. The van der Waals surface area contributed by atoms with Gasteiger partial charge in [-0.25, -0.2) is 4.39 Å². The third-order valence-electron chi connectivity index (χ3n) is 3.13. The molecule has 5 heteroatoms. The fourth-order valence-electron chi connectivity index (χ4n) is 1.59. The third-order valence-corrected chi connectivity index (χ3v) is 3.44. The molecule has 0 atom stereocenters. The molecule has 3 nitrogen and oxygen atoms in total. The van der Waals surface area contributed by atoms with Gasteiger partial charge in [-0.2, -0.15) is 0 Å². The maximum atomic E-state index is 12.2. The van der Waals surface area contributed by atoms with Crippen LogP contribution in [0.4, 0.5) is 4.39 Å². The number of rotatable bonds is 1. The van der Waals surface area contributed by atoms with Gasteiger partial charge in [-0.15, -0.1) is 0 Å². The van der Waals surface area contributed by atoms with E-state index in [-0.39, 0.29) is 10.8 Å². The van der Waals surface area contributed by atoms with E-state index in [0.717, 1.165) is 13.2 Å². The molecule has 0 spiro atoms. The normalized spacial score (nSPS) is 16.3. The smallest absolute Gasteiger partial charge is 0.141 e. The molecule has 128 valence electrons. The second-order valence-electron chi connectivity index (χ2n) is 5.03. The predicted molar refractivity (Wildman–Crippen MR) is 93.2 cm³/mol. The molecule has 1 aromatic carbocycles. The molecule has 0 bridgehead atoms. The summed E-state index contributed by atoms with van der Waals surface area (Å²) < 4.78 is 17.1. The second kappa shape index (κ2) is 13.9. The van der Waals surface area contributed by atoms with Gasteiger partial charge in [0.15, 0.2) is 0 Å². The average Bonchev–Trinajstić information content (AvgIpc) is 3.02. The van der Waals surface area contributed by atoms with E-state index in [0.29, 0.717) is 6.04 Å². The number of halogens is 2. The van der Waals surface area contributed by atoms with Crippen LogP contribution in [-0.2, 0) is 4.74 Å². The molecule has 2 aliphatic heterocycles. The highest BCUT2D eigenvalue weighted by Gasteiger charge is 2.19. The third kappa shape index (κ3) is 10.1. The summed E-state index contributed by atoms with van der Waals surface area (Å²) in [5.74, 6) is -0.367. The van der Waals surface area contributed by atoms with Gasteiger partial charge in [0.05, 0.1) is 24.3 Å². The van der Waals surface area contributed by atoms with E-state index in [4.69, 9.17) is 16.3 Å². The van der Waals surface area contributed by atoms with Crippen LogP contribution < -0.4 is 5.32 Å². The lowest BCUT2D eigenvalue weighted by Gasteiger charge is -2.31. The van der Waals surface area contributed by atoms with Gasteiger partial charge in [0.2, 0.25) is 0 Å². The molecule has 2 aliphatic rings. The first-order valence-electron chi connectivity index (χ1n) is 7.96. The van der Waals surface area contributed by atoms with E-state index in [1.165, 1.54) is 38.1 Å². The molecule has 0 unspecified atom stereocenters. The maximum absolute atomic E-state index is 12.2. The van der Waals surface area contributed by atoms with Crippen molar-refractivity contribution in [3.8, 4) is 0 Å². The van der Waals surface area contributed by atoms with Gasteiger partial charge in [-0.1, -0.05) is 37.6 Å².